The molecule has 0 saturated heterocycles. The minimum atomic E-state index is 0.188. The van der Waals surface area contributed by atoms with E-state index in [1.165, 1.54) is 38.5 Å². The highest BCUT2D eigenvalue weighted by molar-refractivity contribution is 5.63. The van der Waals surface area contributed by atoms with Crippen LogP contribution in [0.3, 0.4) is 0 Å². The van der Waals surface area contributed by atoms with Crippen molar-refractivity contribution in [2.75, 3.05) is 0 Å². The Morgan fingerprint density at radius 1 is 1.00 bits per heavy atom. The van der Waals surface area contributed by atoms with Gasteiger partial charge in [0.15, 0.2) is 0 Å². The fraction of sp³-hybridized carbons (Fsp3) is 0.478. The van der Waals surface area contributed by atoms with Crippen LogP contribution in [0.5, 0.6) is 5.75 Å². The lowest BCUT2D eigenvalue weighted by Crippen LogP contribution is -2.48. The van der Waals surface area contributed by atoms with Crippen LogP contribution >= 0.6 is 0 Å². The molecule has 4 aliphatic rings. The molecule has 0 spiro atoms. The monoisotopic (exact) mass is 346 g/mol. The van der Waals surface area contributed by atoms with Crippen molar-refractivity contribution in [1.29, 1.82) is 0 Å². The molecule has 1 heterocycles. The molecule has 0 atom stereocenters. The quantitative estimate of drug-likeness (QED) is 0.815. The molecule has 0 radical (unpaired) electrons. The molecule has 6 rings (SSSR count). The number of benzene rings is 1. The maximum absolute atomic E-state index is 10.7. The highest BCUT2D eigenvalue weighted by Gasteiger charge is 2.52. The Bertz CT molecular complexity index is 818. The zero-order valence-corrected chi connectivity index (χ0v) is 15.4. The predicted octanol–water partition coefficient (Wildman–Crippen LogP) is 5.35. The number of phenolic OH excluding ortho intramolecular Hbond substituents is 1. The van der Waals surface area contributed by atoms with E-state index < -0.39 is 0 Å². The maximum atomic E-state index is 10.7. The highest BCUT2D eigenvalue weighted by Crippen LogP contribution is 2.62. The second kappa shape index (κ2) is 5.94. The van der Waals surface area contributed by atoms with Gasteiger partial charge in [0.2, 0.25) is 0 Å². The van der Waals surface area contributed by atoms with Gasteiger partial charge in [0.05, 0.1) is 23.8 Å². The maximum Gasteiger partial charge on any atom is 0.119 e. The van der Waals surface area contributed by atoms with Gasteiger partial charge < -0.3 is 5.11 Å². The lowest BCUT2D eigenvalue weighted by Gasteiger charge is -2.57. The summed E-state index contributed by atoms with van der Waals surface area (Å²) in [5.41, 5.74) is 4.16. The van der Waals surface area contributed by atoms with Gasteiger partial charge in [-0.15, -0.1) is 0 Å². The number of aromatic nitrogens is 2. The molecular formula is C23H26N2O. The molecule has 3 nitrogen and oxygen atoms in total. The van der Waals surface area contributed by atoms with Crippen LogP contribution < -0.4 is 0 Å². The number of hydrogen-bond donors (Lipinski definition) is 1. The minimum absolute atomic E-state index is 0.188. The van der Waals surface area contributed by atoms with Crippen LogP contribution in [0, 0.1) is 17.8 Å². The summed E-state index contributed by atoms with van der Waals surface area (Å²) in [6.45, 7) is 1.98. The number of allylic oxidation sites excluding steroid dienone is 1. The summed E-state index contributed by atoms with van der Waals surface area (Å²) in [7, 11) is 0. The first-order valence-corrected chi connectivity index (χ1v) is 9.94. The fourth-order valence-electron chi connectivity index (χ4n) is 6.30. The third-order valence-corrected chi connectivity index (χ3v) is 6.91. The average molecular weight is 346 g/mol. The van der Waals surface area contributed by atoms with Crippen LogP contribution in [-0.2, 0) is 5.41 Å². The molecule has 0 unspecified atom stereocenters. The Hall–Kier alpha value is -2.16. The van der Waals surface area contributed by atoms with E-state index in [9.17, 15) is 5.11 Å². The molecule has 26 heavy (non-hydrogen) atoms. The first-order valence-electron chi connectivity index (χ1n) is 9.94. The summed E-state index contributed by atoms with van der Waals surface area (Å²) in [4.78, 5) is 9.07. The standard InChI is InChI=1S/C23H26N2O/c1-2-3-19-13-25-21(14-24-19)18-4-5-22(26)20(9-18)23-10-15-6-16(11-23)8-17(7-15)12-23/h2-5,9,13-17,26H,6-8,10-12H2,1H3/b3-2+. The van der Waals surface area contributed by atoms with Crippen molar-refractivity contribution >= 4 is 6.08 Å². The van der Waals surface area contributed by atoms with Crippen LogP contribution in [-0.4, -0.2) is 15.1 Å². The zero-order chi connectivity index (χ0) is 17.7. The molecule has 0 amide bonds. The molecule has 134 valence electrons. The van der Waals surface area contributed by atoms with E-state index in [1.807, 2.05) is 43.6 Å². The summed E-state index contributed by atoms with van der Waals surface area (Å²) in [6.07, 6.45) is 15.6. The Labute approximate surface area is 155 Å². The van der Waals surface area contributed by atoms with E-state index in [2.05, 4.69) is 16.0 Å². The molecular weight excluding hydrogens is 320 g/mol. The SMILES string of the molecule is C/C=C/c1cnc(-c2ccc(O)c(C34CC5CC(CC(C5)C3)C4)c2)cn1. The van der Waals surface area contributed by atoms with E-state index in [0.29, 0.717) is 5.75 Å². The van der Waals surface area contributed by atoms with Crippen molar-refractivity contribution in [3.8, 4) is 17.0 Å². The molecule has 1 N–H and O–H groups in total. The van der Waals surface area contributed by atoms with Gasteiger partial charge in [-0.3, -0.25) is 9.97 Å². The summed E-state index contributed by atoms with van der Waals surface area (Å²) in [5, 5.41) is 10.7. The largest absolute Gasteiger partial charge is 0.508 e. The lowest BCUT2D eigenvalue weighted by molar-refractivity contribution is -0.00611. The van der Waals surface area contributed by atoms with Gasteiger partial charge in [-0.1, -0.05) is 6.08 Å². The van der Waals surface area contributed by atoms with E-state index in [-0.39, 0.29) is 5.41 Å². The van der Waals surface area contributed by atoms with E-state index in [1.54, 1.807) is 0 Å². The van der Waals surface area contributed by atoms with Gasteiger partial charge in [0.25, 0.3) is 0 Å². The number of aromatic hydroxyl groups is 1. The van der Waals surface area contributed by atoms with Crippen LogP contribution in [0.25, 0.3) is 17.3 Å². The van der Waals surface area contributed by atoms with Crippen molar-refractivity contribution in [2.45, 2.75) is 50.9 Å². The molecule has 3 heteroatoms. The van der Waals surface area contributed by atoms with Crippen molar-refractivity contribution in [2.24, 2.45) is 17.8 Å². The summed E-state index contributed by atoms with van der Waals surface area (Å²) in [6, 6.07) is 6.03. The van der Waals surface area contributed by atoms with Crippen LogP contribution in [0.4, 0.5) is 0 Å². The van der Waals surface area contributed by atoms with Gasteiger partial charge in [0, 0.05) is 11.1 Å². The van der Waals surface area contributed by atoms with E-state index in [0.717, 1.165) is 40.3 Å². The number of hydrogen-bond acceptors (Lipinski definition) is 3. The molecule has 2 aromatic rings. The second-order valence-corrected chi connectivity index (χ2v) is 8.76. The first kappa shape index (κ1) is 16.0. The molecule has 1 aromatic carbocycles. The zero-order valence-electron chi connectivity index (χ0n) is 15.4. The highest BCUT2D eigenvalue weighted by atomic mass is 16.3. The third kappa shape index (κ3) is 2.56. The molecule has 4 bridgehead atoms. The molecule has 0 aliphatic heterocycles. The number of nitrogens with zero attached hydrogens (tertiary/aromatic N) is 2. The van der Waals surface area contributed by atoms with Crippen LogP contribution in [0.1, 0.15) is 56.7 Å². The van der Waals surface area contributed by atoms with Crippen LogP contribution in [0.2, 0.25) is 0 Å². The van der Waals surface area contributed by atoms with Crippen molar-refractivity contribution in [3.63, 3.8) is 0 Å². The van der Waals surface area contributed by atoms with Crippen molar-refractivity contribution in [3.05, 3.63) is 47.9 Å². The topological polar surface area (TPSA) is 46.0 Å². The summed E-state index contributed by atoms with van der Waals surface area (Å²) >= 11 is 0. The normalized spacial score (nSPS) is 32.4. The molecule has 1 aromatic heterocycles. The van der Waals surface area contributed by atoms with Gasteiger partial charge in [-0.2, -0.15) is 0 Å². The van der Waals surface area contributed by atoms with Gasteiger partial charge >= 0.3 is 0 Å². The third-order valence-electron chi connectivity index (χ3n) is 6.91. The van der Waals surface area contributed by atoms with Crippen LogP contribution in [0.15, 0.2) is 36.7 Å². The smallest absolute Gasteiger partial charge is 0.119 e. The second-order valence-electron chi connectivity index (χ2n) is 8.76. The molecule has 4 saturated carbocycles. The van der Waals surface area contributed by atoms with Gasteiger partial charge in [-0.25, -0.2) is 0 Å². The Morgan fingerprint density at radius 3 is 2.27 bits per heavy atom. The lowest BCUT2D eigenvalue weighted by atomic mass is 9.48. The van der Waals surface area contributed by atoms with Gasteiger partial charge in [-0.05, 0) is 92.9 Å². The Morgan fingerprint density at radius 2 is 1.69 bits per heavy atom. The Kier molecular flexibility index (Phi) is 3.66. The fourth-order valence-corrected chi connectivity index (χ4v) is 6.30. The van der Waals surface area contributed by atoms with E-state index in [4.69, 9.17) is 0 Å². The Balaban J connectivity index is 1.53. The van der Waals surface area contributed by atoms with Crippen molar-refractivity contribution in [1.82, 2.24) is 9.97 Å². The average Bonchev–Trinajstić information content (AvgIpc) is 2.62. The minimum Gasteiger partial charge on any atom is -0.508 e. The van der Waals surface area contributed by atoms with Crippen molar-refractivity contribution < 1.29 is 5.11 Å². The summed E-state index contributed by atoms with van der Waals surface area (Å²) in [5.74, 6) is 3.06. The number of rotatable bonds is 3. The van der Waals surface area contributed by atoms with Gasteiger partial charge in [0.1, 0.15) is 5.75 Å². The molecule has 4 aliphatic carbocycles. The van der Waals surface area contributed by atoms with E-state index >= 15 is 0 Å². The number of phenols is 1. The first-order chi connectivity index (χ1) is 12.6. The molecule has 4 fully saturated rings. The summed E-state index contributed by atoms with van der Waals surface area (Å²) < 4.78 is 0. The predicted molar refractivity (Wildman–Crippen MR) is 104 cm³/mol.